The van der Waals surface area contributed by atoms with E-state index in [0.29, 0.717) is 5.56 Å². The lowest BCUT2D eigenvalue weighted by Crippen LogP contribution is -2.50. The Kier molecular flexibility index (Phi) is 5.55. The van der Waals surface area contributed by atoms with E-state index in [1.54, 1.807) is 6.07 Å². The molecule has 4 unspecified atom stereocenters. The Morgan fingerprint density at radius 3 is 2.73 bits per heavy atom. The summed E-state index contributed by atoms with van der Waals surface area (Å²) in [6.07, 6.45) is -3.47. The maximum absolute atomic E-state index is 13.0. The standard InChI is InChI=1S/C18H25F3N4O/c1-10(2)15(11-4-3-5-12(8-11)18(19,20)21)23-17(26)16-13-9-22-7-6-14(13)24-25-16/h3-5,8,10,13-16,22,24-25H,6-7,9H2,1-2H3,(H,23,26). The van der Waals surface area contributed by atoms with Gasteiger partial charge in [0, 0.05) is 18.5 Å². The summed E-state index contributed by atoms with van der Waals surface area (Å²) in [5.74, 6) is -0.111. The van der Waals surface area contributed by atoms with Crippen LogP contribution in [0.2, 0.25) is 0 Å². The van der Waals surface area contributed by atoms with Crippen LogP contribution in [0, 0.1) is 11.8 Å². The van der Waals surface area contributed by atoms with Gasteiger partial charge in [-0.3, -0.25) is 10.2 Å². The van der Waals surface area contributed by atoms with E-state index in [1.165, 1.54) is 6.07 Å². The van der Waals surface area contributed by atoms with Gasteiger partial charge in [-0.15, -0.1) is 0 Å². The second kappa shape index (κ2) is 7.54. The first-order valence-corrected chi connectivity index (χ1v) is 8.96. The van der Waals surface area contributed by atoms with Crippen LogP contribution in [0.1, 0.15) is 37.4 Å². The normalized spacial score (nSPS) is 27.2. The molecule has 26 heavy (non-hydrogen) atoms. The van der Waals surface area contributed by atoms with Crippen molar-refractivity contribution in [2.45, 2.75) is 44.6 Å². The molecule has 1 aromatic carbocycles. The summed E-state index contributed by atoms with van der Waals surface area (Å²) >= 11 is 0. The van der Waals surface area contributed by atoms with Crippen LogP contribution in [0.4, 0.5) is 13.2 Å². The van der Waals surface area contributed by atoms with Crippen molar-refractivity contribution < 1.29 is 18.0 Å². The minimum Gasteiger partial charge on any atom is -0.348 e. The number of hydrogen-bond donors (Lipinski definition) is 4. The second-order valence-corrected chi connectivity index (χ2v) is 7.38. The largest absolute Gasteiger partial charge is 0.416 e. The fourth-order valence-corrected chi connectivity index (χ4v) is 3.76. The van der Waals surface area contributed by atoms with Gasteiger partial charge in [-0.2, -0.15) is 13.2 Å². The summed E-state index contributed by atoms with van der Waals surface area (Å²) in [4.78, 5) is 12.8. The first-order valence-electron chi connectivity index (χ1n) is 8.96. The van der Waals surface area contributed by atoms with Crippen LogP contribution in [-0.2, 0) is 11.0 Å². The lowest BCUT2D eigenvalue weighted by atomic mass is 9.88. The van der Waals surface area contributed by atoms with Crippen LogP contribution in [-0.4, -0.2) is 31.1 Å². The van der Waals surface area contributed by atoms with E-state index < -0.39 is 23.8 Å². The van der Waals surface area contributed by atoms with E-state index in [1.807, 2.05) is 13.8 Å². The molecule has 2 saturated heterocycles. The minimum atomic E-state index is -4.40. The molecule has 0 bridgehead atoms. The average molecular weight is 370 g/mol. The van der Waals surface area contributed by atoms with Crippen LogP contribution < -0.4 is 21.5 Å². The van der Waals surface area contributed by atoms with Gasteiger partial charge in [0.15, 0.2) is 0 Å². The van der Waals surface area contributed by atoms with Gasteiger partial charge < -0.3 is 10.6 Å². The van der Waals surface area contributed by atoms with Crippen LogP contribution in [0.15, 0.2) is 24.3 Å². The van der Waals surface area contributed by atoms with Crippen molar-refractivity contribution in [3.8, 4) is 0 Å². The second-order valence-electron chi connectivity index (χ2n) is 7.38. The zero-order valence-corrected chi connectivity index (χ0v) is 14.9. The van der Waals surface area contributed by atoms with E-state index in [0.717, 1.165) is 31.6 Å². The highest BCUT2D eigenvalue weighted by atomic mass is 19.4. The summed E-state index contributed by atoms with van der Waals surface area (Å²) < 4.78 is 39.0. The fraction of sp³-hybridized carbons (Fsp3) is 0.611. The summed E-state index contributed by atoms with van der Waals surface area (Å²) in [7, 11) is 0. The molecule has 2 aliphatic rings. The van der Waals surface area contributed by atoms with E-state index in [9.17, 15) is 18.0 Å². The lowest BCUT2D eigenvalue weighted by molar-refractivity contribution is -0.137. The molecule has 2 heterocycles. The predicted molar refractivity (Wildman–Crippen MR) is 92.0 cm³/mol. The fourth-order valence-electron chi connectivity index (χ4n) is 3.76. The molecule has 5 nitrogen and oxygen atoms in total. The van der Waals surface area contributed by atoms with Crippen molar-refractivity contribution in [3.05, 3.63) is 35.4 Å². The smallest absolute Gasteiger partial charge is 0.348 e. The van der Waals surface area contributed by atoms with Gasteiger partial charge >= 0.3 is 6.18 Å². The molecule has 4 atom stereocenters. The predicted octanol–water partition coefficient (Wildman–Crippen LogP) is 1.97. The number of hydrogen-bond acceptors (Lipinski definition) is 4. The van der Waals surface area contributed by atoms with Gasteiger partial charge in [0.05, 0.1) is 11.6 Å². The molecule has 1 aromatic rings. The molecule has 1 amide bonds. The number of halogens is 3. The van der Waals surface area contributed by atoms with Crippen LogP contribution >= 0.6 is 0 Å². The number of carbonyl (C=O) groups is 1. The highest BCUT2D eigenvalue weighted by Gasteiger charge is 2.42. The molecular formula is C18H25F3N4O. The molecule has 0 spiro atoms. The summed E-state index contributed by atoms with van der Waals surface area (Å²) in [5, 5.41) is 6.24. The third kappa shape index (κ3) is 4.02. The SMILES string of the molecule is CC(C)C(NC(=O)C1NNC2CCNCC21)c1cccc(C(F)(F)F)c1. The van der Waals surface area contributed by atoms with Gasteiger partial charge in [-0.05, 0) is 36.6 Å². The van der Waals surface area contributed by atoms with Crippen molar-refractivity contribution in [1.82, 2.24) is 21.5 Å². The first kappa shape index (κ1) is 19.1. The Morgan fingerprint density at radius 1 is 1.27 bits per heavy atom. The number of carbonyl (C=O) groups excluding carboxylic acids is 1. The molecule has 2 aliphatic heterocycles. The summed E-state index contributed by atoms with van der Waals surface area (Å²) in [6.45, 7) is 5.41. The number of rotatable bonds is 4. The molecule has 4 N–H and O–H groups in total. The number of fused-ring (bicyclic) bond motifs is 1. The number of hydrazine groups is 1. The van der Waals surface area contributed by atoms with E-state index in [-0.39, 0.29) is 23.8 Å². The van der Waals surface area contributed by atoms with Crippen LogP contribution in [0.5, 0.6) is 0 Å². The van der Waals surface area contributed by atoms with Gasteiger partial charge in [-0.25, -0.2) is 5.43 Å². The topological polar surface area (TPSA) is 65.2 Å². The van der Waals surface area contributed by atoms with Gasteiger partial charge in [0.1, 0.15) is 6.04 Å². The first-order chi connectivity index (χ1) is 12.3. The van der Waals surface area contributed by atoms with Crippen molar-refractivity contribution in [3.63, 3.8) is 0 Å². The number of piperidine rings is 1. The molecule has 0 saturated carbocycles. The van der Waals surface area contributed by atoms with Crippen LogP contribution in [0.3, 0.4) is 0 Å². The Labute approximate surface area is 151 Å². The number of alkyl halides is 3. The van der Waals surface area contributed by atoms with Gasteiger partial charge in [0.25, 0.3) is 0 Å². The highest BCUT2D eigenvalue weighted by Crippen LogP contribution is 2.32. The Morgan fingerprint density at radius 2 is 2.04 bits per heavy atom. The number of nitrogens with one attached hydrogen (secondary N) is 4. The lowest BCUT2D eigenvalue weighted by Gasteiger charge is -2.29. The van der Waals surface area contributed by atoms with Crippen molar-refractivity contribution >= 4 is 5.91 Å². The zero-order valence-electron chi connectivity index (χ0n) is 14.9. The summed E-state index contributed by atoms with van der Waals surface area (Å²) in [5.41, 5.74) is 5.97. The van der Waals surface area contributed by atoms with Crippen LogP contribution in [0.25, 0.3) is 0 Å². The van der Waals surface area contributed by atoms with Crippen molar-refractivity contribution in [2.75, 3.05) is 13.1 Å². The Balaban J connectivity index is 1.76. The number of amides is 1. The van der Waals surface area contributed by atoms with Crippen molar-refractivity contribution in [2.24, 2.45) is 11.8 Å². The summed E-state index contributed by atoms with van der Waals surface area (Å²) in [6, 6.07) is 4.53. The molecule has 2 fully saturated rings. The maximum Gasteiger partial charge on any atom is 0.416 e. The van der Waals surface area contributed by atoms with E-state index in [2.05, 4.69) is 21.5 Å². The van der Waals surface area contributed by atoms with Gasteiger partial charge in [0.2, 0.25) is 5.91 Å². The Bertz CT molecular complexity index is 650. The quantitative estimate of drug-likeness (QED) is 0.654. The molecule has 3 rings (SSSR count). The van der Waals surface area contributed by atoms with Gasteiger partial charge in [-0.1, -0.05) is 26.0 Å². The van der Waals surface area contributed by atoms with Crippen molar-refractivity contribution in [1.29, 1.82) is 0 Å². The average Bonchev–Trinajstić information content (AvgIpc) is 3.03. The number of benzene rings is 1. The zero-order chi connectivity index (χ0) is 18.9. The van der Waals surface area contributed by atoms with E-state index >= 15 is 0 Å². The molecule has 144 valence electrons. The highest BCUT2D eigenvalue weighted by molar-refractivity contribution is 5.83. The third-order valence-electron chi connectivity index (χ3n) is 5.20. The molecule has 0 aromatic heterocycles. The maximum atomic E-state index is 13.0. The molecule has 0 radical (unpaired) electrons. The molecule has 8 heteroatoms. The monoisotopic (exact) mass is 370 g/mol. The van der Waals surface area contributed by atoms with E-state index in [4.69, 9.17) is 0 Å². The molecular weight excluding hydrogens is 345 g/mol. The Hall–Kier alpha value is -1.64. The molecule has 0 aliphatic carbocycles. The third-order valence-corrected chi connectivity index (χ3v) is 5.20. The minimum absolute atomic E-state index is 0.0444.